The number of esters is 1. The van der Waals surface area contributed by atoms with E-state index >= 15 is 0 Å². The van der Waals surface area contributed by atoms with Gasteiger partial charge in [-0.2, -0.15) is 9.78 Å². The van der Waals surface area contributed by atoms with E-state index in [-0.39, 0.29) is 6.61 Å². The van der Waals surface area contributed by atoms with Crippen LogP contribution in [0.2, 0.25) is 0 Å². The minimum absolute atomic E-state index is 0.0710. The van der Waals surface area contributed by atoms with E-state index in [4.69, 9.17) is 0 Å². The van der Waals surface area contributed by atoms with E-state index in [1.807, 2.05) is 0 Å². The molecule has 2 heterocycles. The van der Waals surface area contributed by atoms with Gasteiger partial charge in [-0.3, -0.25) is 4.57 Å². The van der Waals surface area contributed by atoms with Gasteiger partial charge in [0.05, 0.1) is 6.61 Å². The van der Waals surface area contributed by atoms with Gasteiger partial charge in [0, 0.05) is 13.0 Å². The number of alkyl halides is 1. The van der Waals surface area contributed by atoms with Crippen LogP contribution in [0.3, 0.4) is 0 Å². The number of nitrogens with zero attached hydrogens (tertiary/aromatic N) is 3. The summed E-state index contributed by atoms with van der Waals surface area (Å²) in [7, 11) is 0. The maximum atomic E-state index is 13.8. The van der Waals surface area contributed by atoms with Crippen molar-refractivity contribution in [3.05, 3.63) is 16.3 Å². The van der Waals surface area contributed by atoms with E-state index in [0.29, 0.717) is 23.5 Å². The molecule has 7 heteroatoms. The fourth-order valence-electron chi connectivity index (χ4n) is 2.05. The summed E-state index contributed by atoms with van der Waals surface area (Å²) >= 11 is 0. The molecule has 0 bridgehead atoms. The fourth-order valence-corrected chi connectivity index (χ4v) is 2.05. The van der Waals surface area contributed by atoms with Gasteiger partial charge < -0.3 is 4.74 Å². The van der Waals surface area contributed by atoms with E-state index in [1.165, 1.54) is 4.57 Å². The average Bonchev–Trinajstić information content (AvgIpc) is 2.55. The first kappa shape index (κ1) is 12.8. The van der Waals surface area contributed by atoms with Crippen molar-refractivity contribution < 1.29 is 13.9 Å². The second-order valence-corrected chi connectivity index (χ2v) is 4.19. The lowest BCUT2D eigenvalue weighted by atomic mass is 10.2. The van der Waals surface area contributed by atoms with Crippen LogP contribution < -0.4 is 5.69 Å². The number of aryl methyl sites for hydroxylation is 1. The molecule has 18 heavy (non-hydrogen) atoms. The molecule has 1 aliphatic heterocycles. The molecule has 1 unspecified atom stereocenters. The summed E-state index contributed by atoms with van der Waals surface area (Å²) in [5.74, 6) is -0.530. The van der Waals surface area contributed by atoms with Crippen molar-refractivity contribution in [2.45, 2.75) is 45.4 Å². The van der Waals surface area contributed by atoms with Gasteiger partial charge in [-0.1, -0.05) is 6.42 Å². The van der Waals surface area contributed by atoms with Gasteiger partial charge >= 0.3 is 11.7 Å². The van der Waals surface area contributed by atoms with Crippen LogP contribution in [0.25, 0.3) is 0 Å². The monoisotopic (exact) mass is 257 g/mol. The molecule has 0 N–H and O–H groups in total. The van der Waals surface area contributed by atoms with Crippen molar-refractivity contribution in [1.29, 1.82) is 0 Å². The van der Waals surface area contributed by atoms with Crippen LogP contribution in [0.15, 0.2) is 4.79 Å². The molecule has 0 saturated heterocycles. The average molecular weight is 257 g/mol. The first-order valence-corrected chi connectivity index (χ1v) is 6.14. The fraction of sp³-hybridized carbons (Fsp3) is 0.727. The second-order valence-electron chi connectivity index (χ2n) is 4.19. The molecule has 0 spiro atoms. The van der Waals surface area contributed by atoms with E-state index < -0.39 is 18.0 Å². The van der Waals surface area contributed by atoms with Gasteiger partial charge in [0.1, 0.15) is 5.82 Å². The highest BCUT2D eigenvalue weighted by atomic mass is 19.1. The number of carbonyl (C=O) groups is 1. The van der Waals surface area contributed by atoms with Gasteiger partial charge in [0.15, 0.2) is 0 Å². The number of fused-ring (bicyclic) bond motifs is 1. The summed E-state index contributed by atoms with van der Waals surface area (Å²) in [6, 6.07) is 0. The lowest BCUT2D eigenvalue weighted by Crippen LogP contribution is -2.31. The number of ether oxygens (including phenoxy) is 1. The van der Waals surface area contributed by atoms with Crippen LogP contribution in [0.1, 0.15) is 38.3 Å². The number of rotatable bonds is 3. The summed E-state index contributed by atoms with van der Waals surface area (Å²) < 4.78 is 20.3. The summed E-state index contributed by atoms with van der Waals surface area (Å²) in [6.07, 6.45) is 1.30. The Hall–Kier alpha value is -1.66. The normalized spacial score (nSPS) is 16.8. The predicted molar refractivity (Wildman–Crippen MR) is 60.8 cm³/mol. The number of aromatic nitrogens is 3. The van der Waals surface area contributed by atoms with Gasteiger partial charge in [-0.15, -0.1) is 0 Å². The molecule has 1 aromatic rings. The molecule has 6 nitrogen and oxygen atoms in total. The van der Waals surface area contributed by atoms with Crippen molar-refractivity contribution in [2.75, 3.05) is 6.61 Å². The lowest BCUT2D eigenvalue weighted by molar-refractivity contribution is -0.153. The largest absolute Gasteiger partial charge is 0.462 e. The molecule has 0 aliphatic carbocycles. The lowest BCUT2D eigenvalue weighted by Gasteiger charge is -2.06. The predicted octanol–water partition coefficient (Wildman–Crippen LogP) is 0.802. The van der Waals surface area contributed by atoms with Gasteiger partial charge in [-0.05, 0) is 19.8 Å². The van der Waals surface area contributed by atoms with E-state index in [0.717, 1.165) is 19.3 Å². The number of hydrogen-bond acceptors (Lipinski definition) is 4. The van der Waals surface area contributed by atoms with Crippen LogP contribution in [0, 0.1) is 0 Å². The standard InChI is InChI=1S/C11H16FN3O3/c1-2-18-10(16)9(12)15-11(17)14-7-5-3-4-6-8(14)13-15/h9H,2-7H2,1H3. The SMILES string of the molecule is CCOC(=O)C(F)n1nc2n(c1=O)CCCCC2. The minimum atomic E-state index is -2.16. The third-order valence-corrected chi connectivity index (χ3v) is 2.94. The van der Waals surface area contributed by atoms with Crippen molar-refractivity contribution in [1.82, 2.24) is 14.3 Å². The van der Waals surface area contributed by atoms with Crippen LogP contribution in [0.5, 0.6) is 0 Å². The summed E-state index contributed by atoms with van der Waals surface area (Å²) in [4.78, 5) is 23.2. The van der Waals surface area contributed by atoms with Crippen LogP contribution in [-0.4, -0.2) is 26.9 Å². The quantitative estimate of drug-likeness (QED) is 0.751. The van der Waals surface area contributed by atoms with E-state index in [2.05, 4.69) is 9.84 Å². The Bertz CT molecular complexity index is 494. The molecule has 0 fully saturated rings. The molecule has 1 aliphatic rings. The smallest absolute Gasteiger partial charge is 0.364 e. The number of hydrogen-bond donors (Lipinski definition) is 0. The highest BCUT2D eigenvalue weighted by molar-refractivity contribution is 5.72. The van der Waals surface area contributed by atoms with Crippen LogP contribution >= 0.6 is 0 Å². The zero-order valence-electron chi connectivity index (χ0n) is 10.3. The Kier molecular flexibility index (Phi) is 3.78. The van der Waals surface area contributed by atoms with E-state index in [9.17, 15) is 14.0 Å². The van der Waals surface area contributed by atoms with Gasteiger partial charge in [-0.25, -0.2) is 14.0 Å². The molecule has 1 atom stereocenters. The van der Waals surface area contributed by atoms with Crippen LogP contribution in [0.4, 0.5) is 4.39 Å². The zero-order valence-corrected chi connectivity index (χ0v) is 10.3. The Morgan fingerprint density at radius 2 is 2.28 bits per heavy atom. The van der Waals surface area contributed by atoms with Crippen molar-refractivity contribution in [3.8, 4) is 0 Å². The molecule has 0 amide bonds. The van der Waals surface area contributed by atoms with E-state index in [1.54, 1.807) is 6.92 Å². The van der Waals surface area contributed by atoms with Gasteiger partial charge in [0.2, 0.25) is 0 Å². The molecular formula is C11H16FN3O3. The molecule has 2 rings (SSSR count). The Morgan fingerprint density at radius 3 is 3.00 bits per heavy atom. The number of carbonyl (C=O) groups excluding carboxylic acids is 1. The molecule has 0 aromatic carbocycles. The third-order valence-electron chi connectivity index (χ3n) is 2.94. The number of halogens is 1. The van der Waals surface area contributed by atoms with Crippen LogP contribution in [-0.2, 0) is 22.5 Å². The zero-order chi connectivity index (χ0) is 13.1. The van der Waals surface area contributed by atoms with Crippen molar-refractivity contribution >= 4 is 5.97 Å². The van der Waals surface area contributed by atoms with Crippen molar-refractivity contribution in [2.24, 2.45) is 0 Å². The second kappa shape index (κ2) is 5.32. The summed E-state index contributed by atoms with van der Waals surface area (Å²) in [5.41, 5.74) is -0.576. The summed E-state index contributed by atoms with van der Waals surface area (Å²) in [6.45, 7) is 2.18. The first-order chi connectivity index (χ1) is 8.65. The first-order valence-electron chi connectivity index (χ1n) is 6.14. The maximum absolute atomic E-state index is 13.8. The highest BCUT2D eigenvalue weighted by Crippen LogP contribution is 2.13. The highest BCUT2D eigenvalue weighted by Gasteiger charge is 2.27. The molecule has 0 saturated carbocycles. The summed E-state index contributed by atoms with van der Waals surface area (Å²) in [5, 5.41) is 3.90. The molecule has 0 radical (unpaired) electrons. The van der Waals surface area contributed by atoms with Gasteiger partial charge in [0.25, 0.3) is 6.30 Å². The molecular weight excluding hydrogens is 241 g/mol. The Labute approximate surface area is 103 Å². The van der Waals surface area contributed by atoms with Crippen molar-refractivity contribution in [3.63, 3.8) is 0 Å². The topological polar surface area (TPSA) is 66.1 Å². The minimum Gasteiger partial charge on any atom is -0.462 e. The molecule has 1 aromatic heterocycles. The Morgan fingerprint density at radius 1 is 1.50 bits per heavy atom. The Balaban J connectivity index is 2.30. The maximum Gasteiger partial charge on any atom is 0.364 e. The third kappa shape index (κ3) is 2.30. The molecule has 100 valence electrons.